The second-order valence-corrected chi connectivity index (χ2v) is 3.01. The van der Waals surface area contributed by atoms with Gasteiger partial charge in [0, 0.05) is 12.1 Å². The van der Waals surface area contributed by atoms with Crippen molar-refractivity contribution in [3.05, 3.63) is 39.9 Å². The molecule has 0 unspecified atom stereocenters. The molecule has 0 radical (unpaired) electrons. The number of nitrogens with zero attached hydrogens (tertiary/aromatic N) is 1. The Morgan fingerprint density at radius 3 is 2.47 bits per heavy atom. The van der Waals surface area contributed by atoms with Crippen molar-refractivity contribution in [2.75, 3.05) is 19.8 Å². The molecule has 0 fully saturated rings. The number of rotatable bonds is 6. The molecule has 1 aromatic carbocycles. The van der Waals surface area contributed by atoms with Gasteiger partial charge in [-0.25, -0.2) is 0 Å². The van der Waals surface area contributed by atoms with E-state index in [4.69, 9.17) is 9.84 Å². The summed E-state index contributed by atoms with van der Waals surface area (Å²) in [4.78, 5) is 9.94. The molecule has 0 saturated carbocycles. The quantitative estimate of drug-likeness (QED) is 0.435. The SMILES string of the molecule is O=[N+]([O-])c1ccc(CCOCCO)cc1. The molecule has 0 bridgehead atoms. The molecule has 0 aliphatic carbocycles. The maximum absolute atomic E-state index is 10.4. The fourth-order valence-corrected chi connectivity index (χ4v) is 1.14. The molecule has 0 saturated heterocycles. The summed E-state index contributed by atoms with van der Waals surface area (Å²) < 4.78 is 5.08. The first-order valence-corrected chi connectivity index (χ1v) is 4.66. The van der Waals surface area contributed by atoms with Crippen molar-refractivity contribution in [3.63, 3.8) is 0 Å². The molecule has 0 aliphatic heterocycles. The van der Waals surface area contributed by atoms with Gasteiger partial charge in [-0.1, -0.05) is 12.1 Å². The van der Waals surface area contributed by atoms with E-state index in [9.17, 15) is 10.1 Å². The minimum Gasteiger partial charge on any atom is -0.394 e. The summed E-state index contributed by atoms with van der Waals surface area (Å²) in [6.07, 6.45) is 0.692. The molecule has 1 N–H and O–H groups in total. The van der Waals surface area contributed by atoms with Crippen LogP contribution in [0.5, 0.6) is 0 Å². The number of hydrogen-bond acceptors (Lipinski definition) is 4. The minimum absolute atomic E-state index is 0.0141. The van der Waals surface area contributed by atoms with Crippen molar-refractivity contribution >= 4 is 5.69 Å². The van der Waals surface area contributed by atoms with Crippen LogP contribution in [0.15, 0.2) is 24.3 Å². The number of nitro groups is 1. The first kappa shape index (κ1) is 11.6. The summed E-state index contributed by atoms with van der Waals surface area (Å²) >= 11 is 0. The normalized spacial score (nSPS) is 10.2. The number of aliphatic hydroxyl groups excluding tert-OH is 1. The zero-order valence-corrected chi connectivity index (χ0v) is 8.26. The summed E-state index contributed by atoms with van der Waals surface area (Å²) in [6.45, 7) is 0.853. The van der Waals surface area contributed by atoms with Crippen molar-refractivity contribution < 1.29 is 14.8 Å². The third-order valence-electron chi connectivity index (χ3n) is 1.92. The fourth-order valence-electron chi connectivity index (χ4n) is 1.14. The zero-order valence-electron chi connectivity index (χ0n) is 8.26. The molecule has 1 aromatic rings. The summed E-state index contributed by atoms with van der Waals surface area (Å²) in [5, 5.41) is 18.8. The lowest BCUT2D eigenvalue weighted by atomic mass is 10.1. The standard InChI is InChI=1S/C10H13NO4/c12-6-8-15-7-5-9-1-3-10(4-2-9)11(13)14/h1-4,12H,5-8H2. The summed E-state index contributed by atoms with van der Waals surface area (Å²) in [6, 6.07) is 6.36. The van der Waals surface area contributed by atoms with Gasteiger partial charge in [-0.2, -0.15) is 0 Å². The first-order valence-electron chi connectivity index (χ1n) is 4.66. The maximum atomic E-state index is 10.4. The predicted molar refractivity (Wildman–Crippen MR) is 54.7 cm³/mol. The molecular weight excluding hydrogens is 198 g/mol. The van der Waals surface area contributed by atoms with E-state index >= 15 is 0 Å². The van der Waals surface area contributed by atoms with Gasteiger partial charge >= 0.3 is 0 Å². The Bertz CT molecular complexity index is 310. The number of aliphatic hydroxyl groups is 1. The third-order valence-corrected chi connectivity index (χ3v) is 1.92. The van der Waals surface area contributed by atoms with Crippen molar-refractivity contribution in [3.8, 4) is 0 Å². The smallest absolute Gasteiger partial charge is 0.269 e. The van der Waals surface area contributed by atoms with Gasteiger partial charge in [0.15, 0.2) is 0 Å². The average molecular weight is 211 g/mol. The molecule has 5 heteroatoms. The summed E-state index contributed by atoms with van der Waals surface area (Å²) in [7, 11) is 0. The van der Waals surface area contributed by atoms with Crippen molar-refractivity contribution in [1.29, 1.82) is 0 Å². The van der Waals surface area contributed by atoms with Gasteiger partial charge < -0.3 is 9.84 Å². The molecule has 0 aliphatic rings. The van der Waals surface area contributed by atoms with Crippen LogP contribution < -0.4 is 0 Å². The van der Waals surface area contributed by atoms with Gasteiger partial charge in [0.2, 0.25) is 0 Å². The number of non-ortho nitro benzene ring substituents is 1. The van der Waals surface area contributed by atoms with E-state index in [1.165, 1.54) is 12.1 Å². The van der Waals surface area contributed by atoms with Crippen molar-refractivity contribution in [2.45, 2.75) is 6.42 Å². The van der Waals surface area contributed by atoms with Crippen LogP contribution in [0.2, 0.25) is 0 Å². The lowest BCUT2D eigenvalue weighted by Gasteiger charge is -2.02. The molecule has 0 atom stereocenters. The fraction of sp³-hybridized carbons (Fsp3) is 0.400. The average Bonchev–Trinajstić information content (AvgIpc) is 2.25. The Hall–Kier alpha value is -1.46. The molecule has 5 nitrogen and oxygen atoms in total. The third kappa shape index (κ3) is 4.05. The lowest BCUT2D eigenvalue weighted by Crippen LogP contribution is -2.03. The summed E-state index contributed by atoms with van der Waals surface area (Å²) in [5.41, 5.74) is 1.08. The molecule has 0 aromatic heterocycles. The number of benzene rings is 1. The van der Waals surface area contributed by atoms with E-state index in [1.807, 2.05) is 0 Å². The highest BCUT2D eigenvalue weighted by Crippen LogP contribution is 2.12. The van der Waals surface area contributed by atoms with Crippen LogP contribution >= 0.6 is 0 Å². The second-order valence-electron chi connectivity index (χ2n) is 3.01. The minimum atomic E-state index is -0.425. The largest absolute Gasteiger partial charge is 0.394 e. The Labute approximate surface area is 87.5 Å². The summed E-state index contributed by atoms with van der Waals surface area (Å²) in [5.74, 6) is 0. The van der Waals surface area contributed by atoms with Crippen LogP contribution in [0.3, 0.4) is 0 Å². The van der Waals surface area contributed by atoms with Crippen LogP contribution in [0.25, 0.3) is 0 Å². The lowest BCUT2D eigenvalue weighted by molar-refractivity contribution is -0.384. The van der Waals surface area contributed by atoms with Crippen LogP contribution in [0, 0.1) is 10.1 Å². The second kappa shape index (κ2) is 6.10. The van der Waals surface area contributed by atoms with Crippen molar-refractivity contribution in [1.82, 2.24) is 0 Å². The van der Waals surface area contributed by atoms with Crippen LogP contribution in [-0.2, 0) is 11.2 Å². The Morgan fingerprint density at radius 2 is 1.93 bits per heavy atom. The van der Waals surface area contributed by atoms with E-state index in [2.05, 4.69) is 0 Å². The Kier molecular flexibility index (Phi) is 4.73. The zero-order chi connectivity index (χ0) is 11.1. The number of nitro benzene ring substituents is 1. The van der Waals surface area contributed by atoms with Gasteiger partial charge in [-0.05, 0) is 12.0 Å². The molecule has 0 spiro atoms. The maximum Gasteiger partial charge on any atom is 0.269 e. The van der Waals surface area contributed by atoms with Gasteiger partial charge in [-0.15, -0.1) is 0 Å². The van der Waals surface area contributed by atoms with Crippen LogP contribution in [0.1, 0.15) is 5.56 Å². The molecule has 82 valence electrons. The van der Waals surface area contributed by atoms with Gasteiger partial charge in [0.05, 0.1) is 24.7 Å². The van der Waals surface area contributed by atoms with Gasteiger partial charge in [-0.3, -0.25) is 10.1 Å². The highest BCUT2D eigenvalue weighted by atomic mass is 16.6. The van der Waals surface area contributed by atoms with Gasteiger partial charge in [0.1, 0.15) is 0 Å². The van der Waals surface area contributed by atoms with E-state index in [-0.39, 0.29) is 12.3 Å². The van der Waals surface area contributed by atoms with E-state index in [0.29, 0.717) is 19.6 Å². The molecular formula is C10H13NO4. The predicted octanol–water partition coefficient (Wildman–Crippen LogP) is 1.15. The molecule has 1 rings (SSSR count). The topological polar surface area (TPSA) is 72.6 Å². The van der Waals surface area contributed by atoms with Crippen molar-refractivity contribution in [2.24, 2.45) is 0 Å². The first-order chi connectivity index (χ1) is 7.24. The number of ether oxygens (including phenoxy) is 1. The molecule has 0 heterocycles. The Morgan fingerprint density at radius 1 is 1.27 bits per heavy atom. The highest BCUT2D eigenvalue weighted by Gasteiger charge is 2.03. The van der Waals surface area contributed by atoms with E-state index in [1.54, 1.807) is 12.1 Å². The molecule has 15 heavy (non-hydrogen) atoms. The van der Waals surface area contributed by atoms with E-state index in [0.717, 1.165) is 5.56 Å². The van der Waals surface area contributed by atoms with Crippen LogP contribution in [0.4, 0.5) is 5.69 Å². The van der Waals surface area contributed by atoms with Crippen LogP contribution in [-0.4, -0.2) is 29.9 Å². The highest BCUT2D eigenvalue weighted by molar-refractivity contribution is 5.32. The number of hydrogen-bond donors (Lipinski definition) is 1. The van der Waals surface area contributed by atoms with Gasteiger partial charge in [0.25, 0.3) is 5.69 Å². The Balaban J connectivity index is 2.39. The molecule has 0 amide bonds. The monoisotopic (exact) mass is 211 g/mol. The van der Waals surface area contributed by atoms with E-state index < -0.39 is 4.92 Å².